The van der Waals surface area contributed by atoms with E-state index >= 15 is 0 Å². The smallest absolute Gasteiger partial charge is 0.211 e. The molecule has 0 rings (SSSR count). The van der Waals surface area contributed by atoms with Crippen molar-refractivity contribution in [1.82, 2.24) is 4.31 Å². The molecule has 0 aromatic carbocycles. The van der Waals surface area contributed by atoms with E-state index in [1.165, 1.54) is 17.6 Å². The van der Waals surface area contributed by atoms with Crippen LogP contribution in [0, 0.1) is 0 Å². The normalized spacial score (nSPS) is 17.4. The molecule has 2 atom stereocenters. The van der Waals surface area contributed by atoms with Gasteiger partial charge in [-0.2, -0.15) is 0 Å². The van der Waals surface area contributed by atoms with Gasteiger partial charge >= 0.3 is 0 Å². The third-order valence-electron chi connectivity index (χ3n) is 1.72. The topological polar surface area (TPSA) is 46.6 Å². The summed E-state index contributed by atoms with van der Waals surface area (Å²) in [6, 6.07) is -0.162. The predicted octanol–water partition coefficient (Wildman–Crippen LogP) is 0.559. The number of rotatable bonds is 5. The zero-order chi connectivity index (χ0) is 10.6. The van der Waals surface area contributed by atoms with Gasteiger partial charge in [0, 0.05) is 13.1 Å². The van der Waals surface area contributed by atoms with E-state index in [0.29, 0.717) is 6.61 Å². The summed E-state index contributed by atoms with van der Waals surface area (Å²) in [5.41, 5.74) is -0.171. The second-order valence-corrected chi connectivity index (χ2v) is 5.83. The van der Waals surface area contributed by atoms with Gasteiger partial charge in [0.05, 0.1) is 18.3 Å². The first-order valence-corrected chi connectivity index (χ1v) is 6.34. The van der Waals surface area contributed by atoms with Crippen molar-refractivity contribution in [3.63, 3.8) is 0 Å². The molecule has 0 aliphatic rings. The second-order valence-electron chi connectivity index (χ2n) is 3.06. The Kier molecular flexibility index (Phi) is 5.28. The maximum atomic E-state index is 11.1. The van der Waals surface area contributed by atoms with Crippen LogP contribution in [0.25, 0.3) is 0 Å². The molecular formula is C7H17NO3S2. The van der Waals surface area contributed by atoms with Gasteiger partial charge in [0.1, 0.15) is 0 Å². The zero-order valence-corrected chi connectivity index (χ0v) is 10.1. The monoisotopic (exact) mass is 227 g/mol. The Morgan fingerprint density at radius 2 is 1.92 bits per heavy atom. The lowest BCUT2D eigenvalue weighted by Gasteiger charge is -2.22. The summed E-state index contributed by atoms with van der Waals surface area (Å²) in [4.78, 5) is 0. The highest BCUT2D eigenvalue weighted by Gasteiger charge is 2.18. The van der Waals surface area contributed by atoms with Crippen LogP contribution < -0.4 is 0 Å². The fourth-order valence-corrected chi connectivity index (χ4v) is 1.51. The van der Waals surface area contributed by atoms with Crippen molar-refractivity contribution in [2.24, 2.45) is 0 Å². The molecule has 0 aromatic heterocycles. The van der Waals surface area contributed by atoms with E-state index in [1.54, 1.807) is 13.8 Å². The molecule has 0 bridgehead atoms. The van der Waals surface area contributed by atoms with Crippen molar-refractivity contribution in [3.8, 4) is 0 Å². The van der Waals surface area contributed by atoms with Crippen molar-refractivity contribution in [2.45, 2.75) is 25.3 Å². The molecule has 0 aliphatic carbocycles. The molecule has 0 aromatic rings. The molecule has 80 valence electrons. The van der Waals surface area contributed by atoms with Gasteiger partial charge in [-0.05, 0) is 13.8 Å². The molecule has 13 heavy (non-hydrogen) atoms. The molecular weight excluding hydrogens is 210 g/mol. The molecule has 0 fully saturated rings. The number of likely N-dealkylation sites (N-methyl/N-ethyl adjacent to an activating group) is 1. The number of nitrogens with zero attached hydrogens (tertiary/aromatic N) is 1. The van der Waals surface area contributed by atoms with Crippen molar-refractivity contribution in [2.75, 3.05) is 19.9 Å². The Labute approximate surface area is 85.7 Å². The number of hydrogen-bond acceptors (Lipinski definition) is 4. The molecule has 4 nitrogen and oxygen atoms in total. The van der Waals surface area contributed by atoms with Gasteiger partial charge < -0.3 is 4.74 Å². The van der Waals surface area contributed by atoms with Crippen LogP contribution in [0.15, 0.2) is 0 Å². The van der Waals surface area contributed by atoms with Crippen LogP contribution in [0.5, 0.6) is 0 Å². The number of ether oxygens (including phenoxy) is 1. The minimum absolute atomic E-state index is 0.162. The molecule has 0 aliphatic heterocycles. The number of sulfonamides is 1. The van der Waals surface area contributed by atoms with Crippen LogP contribution in [0.2, 0.25) is 0 Å². The van der Waals surface area contributed by atoms with Gasteiger partial charge in [0.15, 0.2) is 0 Å². The molecule has 0 N–H and O–H groups in total. The van der Waals surface area contributed by atoms with E-state index in [0.717, 1.165) is 0 Å². The fourth-order valence-electron chi connectivity index (χ4n) is 0.710. The summed E-state index contributed by atoms with van der Waals surface area (Å²) >= 11 is 4.02. The van der Waals surface area contributed by atoms with Gasteiger partial charge in [-0.25, -0.2) is 12.7 Å². The van der Waals surface area contributed by atoms with Crippen LogP contribution in [0.4, 0.5) is 0 Å². The lowest BCUT2D eigenvalue weighted by Crippen LogP contribution is -2.37. The molecule has 2 unspecified atom stereocenters. The minimum Gasteiger partial charge on any atom is -0.366 e. The van der Waals surface area contributed by atoms with E-state index in [1.807, 2.05) is 0 Å². The Morgan fingerprint density at radius 3 is 2.23 bits per heavy atom. The Bertz CT molecular complexity index is 238. The van der Waals surface area contributed by atoms with Gasteiger partial charge in [-0.3, -0.25) is 0 Å². The van der Waals surface area contributed by atoms with Gasteiger partial charge in [-0.1, -0.05) is 0 Å². The van der Waals surface area contributed by atoms with E-state index in [2.05, 4.69) is 12.6 Å². The number of thiol groups is 1. The largest absolute Gasteiger partial charge is 0.366 e. The van der Waals surface area contributed by atoms with Gasteiger partial charge in [0.2, 0.25) is 10.0 Å². The molecule has 6 heteroatoms. The Balaban J connectivity index is 4.05. The first-order valence-electron chi connectivity index (χ1n) is 3.98. The van der Waals surface area contributed by atoms with Crippen LogP contribution >= 0.6 is 12.6 Å². The molecule has 0 radical (unpaired) electrons. The average Bonchev–Trinajstić information content (AvgIpc) is 1.96. The standard InChI is InChI=1S/C7H17NO3S2/c1-6(5-11-7(2)12)8(3)13(4,9)10/h6-7,12H,5H2,1-4H3. The molecule has 0 saturated carbocycles. The average molecular weight is 227 g/mol. The lowest BCUT2D eigenvalue weighted by molar-refractivity contribution is 0.0919. The molecule has 0 heterocycles. The Hall–Kier alpha value is 0.220. The summed E-state index contributed by atoms with van der Waals surface area (Å²) in [6.07, 6.45) is 1.17. The highest BCUT2D eigenvalue weighted by molar-refractivity contribution is 7.88. The van der Waals surface area contributed by atoms with Crippen LogP contribution in [0.3, 0.4) is 0 Å². The third-order valence-corrected chi connectivity index (χ3v) is 3.28. The fraction of sp³-hybridized carbons (Fsp3) is 1.00. The van der Waals surface area contributed by atoms with E-state index in [4.69, 9.17) is 4.74 Å². The summed E-state index contributed by atoms with van der Waals surface area (Å²) in [5.74, 6) is 0. The van der Waals surface area contributed by atoms with E-state index in [-0.39, 0.29) is 11.5 Å². The highest BCUT2D eigenvalue weighted by atomic mass is 32.2. The summed E-state index contributed by atoms with van der Waals surface area (Å²) in [5, 5.41) is 0. The Morgan fingerprint density at radius 1 is 1.46 bits per heavy atom. The zero-order valence-electron chi connectivity index (χ0n) is 8.39. The van der Waals surface area contributed by atoms with Crippen molar-refractivity contribution >= 4 is 22.7 Å². The summed E-state index contributed by atoms with van der Waals surface area (Å²) < 4.78 is 28.6. The highest BCUT2D eigenvalue weighted by Crippen LogP contribution is 2.04. The van der Waals surface area contributed by atoms with Crippen LogP contribution in [0.1, 0.15) is 13.8 Å². The quantitative estimate of drug-likeness (QED) is 0.551. The molecule has 0 saturated heterocycles. The van der Waals surface area contributed by atoms with Crippen LogP contribution in [-0.2, 0) is 14.8 Å². The maximum absolute atomic E-state index is 11.1. The van der Waals surface area contributed by atoms with Crippen molar-refractivity contribution < 1.29 is 13.2 Å². The summed E-state index contributed by atoms with van der Waals surface area (Å²) in [6.45, 7) is 3.93. The lowest BCUT2D eigenvalue weighted by atomic mass is 10.4. The third kappa shape index (κ3) is 5.51. The first-order chi connectivity index (χ1) is 5.75. The first kappa shape index (κ1) is 13.2. The van der Waals surface area contributed by atoms with Crippen molar-refractivity contribution in [1.29, 1.82) is 0 Å². The predicted molar refractivity (Wildman–Crippen MR) is 56.5 cm³/mol. The van der Waals surface area contributed by atoms with Crippen molar-refractivity contribution in [3.05, 3.63) is 0 Å². The number of hydrogen-bond donors (Lipinski definition) is 1. The second kappa shape index (κ2) is 5.19. The summed E-state index contributed by atoms with van der Waals surface area (Å²) in [7, 11) is -1.59. The minimum atomic E-state index is -3.12. The van der Waals surface area contributed by atoms with Gasteiger partial charge in [0.25, 0.3) is 0 Å². The van der Waals surface area contributed by atoms with Crippen LogP contribution in [-0.4, -0.2) is 44.1 Å². The SMILES string of the molecule is CC(S)OCC(C)N(C)S(C)(=O)=O. The van der Waals surface area contributed by atoms with E-state index in [9.17, 15) is 8.42 Å². The maximum Gasteiger partial charge on any atom is 0.211 e. The van der Waals surface area contributed by atoms with Gasteiger partial charge in [-0.15, -0.1) is 12.6 Å². The molecule has 0 amide bonds. The van der Waals surface area contributed by atoms with E-state index < -0.39 is 10.0 Å². The molecule has 0 spiro atoms.